The number of aryl methyl sites for hydroxylation is 1. The molecule has 0 saturated carbocycles. The lowest BCUT2D eigenvalue weighted by atomic mass is 10.0. The van der Waals surface area contributed by atoms with Gasteiger partial charge in [-0.1, -0.05) is 18.2 Å². The summed E-state index contributed by atoms with van der Waals surface area (Å²) in [5.74, 6) is -0.991. The van der Waals surface area contributed by atoms with Crippen molar-refractivity contribution in [2.45, 2.75) is 38.1 Å². The molecule has 0 spiro atoms. The molecule has 2 heterocycles. The Bertz CT molecular complexity index is 711. The number of aromatic nitrogens is 2. The summed E-state index contributed by atoms with van der Waals surface area (Å²) in [5.41, 5.74) is 1.94. The molecule has 0 radical (unpaired) electrons. The quantitative estimate of drug-likeness (QED) is 0.914. The largest absolute Gasteiger partial charge is 0.480 e. The highest BCUT2D eigenvalue weighted by Crippen LogP contribution is 2.19. The third kappa shape index (κ3) is 3.64. The Kier molecular flexibility index (Phi) is 4.93. The first-order chi connectivity index (χ1) is 11.6. The Morgan fingerprint density at radius 2 is 2.00 bits per heavy atom. The first-order valence-electron chi connectivity index (χ1n) is 8.26. The molecule has 0 bridgehead atoms. The van der Waals surface area contributed by atoms with Crippen LogP contribution in [-0.2, 0) is 16.0 Å². The zero-order valence-electron chi connectivity index (χ0n) is 13.5. The predicted octanol–water partition coefficient (Wildman–Crippen LogP) is 2.27. The lowest BCUT2D eigenvalue weighted by Crippen LogP contribution is -2.48. The molecule has 1 aliphatic rings. The van der Waals surface area contributed by atoms with Crippen LogP contribution in [0.15, 0.2) is 42.7 Å². The first-order valence-corrected chi connectivity index (χ1v) is 8.26. The van der Waals surface area contributed by atoms with E-state index in [-0.39, 0.29) is 5.91 Å². The Balaban J connectivity index is 1.60. The minimum Gasteiger partial charge on any atom is -0.480 e. The molecule has 2 aromatic rings. The second-order valence-corrected chi connectivity index (χ2v) is 6.07. The summed E-state index contributed by atoms with van der Waals surface area (Å²) < 4.78 is 1.78. The molecule has 1 unspecified atom stereocenters. The summed E-state index contributed by atoms with van der Waals surface area (Å²) in [6.45, 7) is 0.541. The van der Waals surface area contributed by atoms with Crippen LogP contribution in [0.25, 0.3) is 5.69 Å². The van der Waals surface area contributed by atoms with Crippen LogP contribution in [0.3, 0.4) is 0 Å². The van der Waals surface area contributed by atoms with Crippen LogP contribution < -0.4 is 0 Å². The number of para-hydroxylation sites is 1. The van der Waals surface area contributed by atoms with Crippen LogP contribution in [0.1, 0.15) is 31.2 Å². The van der Waals surface area contributed by atoms with Gasteiger partial charge in [-0.2, -0.15) is 5.10 Å². The molecular weight excluding hydrogens is 306 g/mol. The van der Waals surface area contributed by atoms with E-state index in [0.717, 1.165) is 24.1 Å². The van der Waals surface area contributed by atoms with Gasteiger partial charge >= 0.3 is 5.97 Å². The smallest absolute Gasteiger partial charge is 0.326 e. The molecule has 1 aromatic carbocycles. The van der Waals surface area contributed by atoms with Gasteiger partial charge in [0.15, 0.2) is 0 Å². The highest BCUT2D eigenvalue weighted by Gasteiger charge is 2.31. The second kappa shape index (κ2) is 7.29. The summed E-state index contributed by atoms with van der Waals surface area (Å²) in [7, 11) is 0. The second-order valence-electron chi connectivity index (χ2n) is 6.07. The van der Waals surface area contributed by atoms with Crippen molar-refractivity contribution in [2.75, 3.05) is 6.54 Å². The number of rotatable bonds is 5. The molecule has 0 aliphatic carbocycles. The fourth-order valence-corrected chi connectivity index (χ4v) is 3.09. The third-order valence-electron chi connectivity index (χ3n) is 4.39. The van der Waals surface area contributed by atoms with E-state index in [1.165, 1.54) is 4.90 Å². The number of hydrogen-bond donors (Lipinski definition) is 1. The minimum atomic E-state index is -0.903. The molecule has 1 N–H and O–H groups in total. The SMILES string of the molecule is O=C(O)C1CCCCN1C(=O)CCc1cnn(-c2ccccc2)c1. The summed E-state index contributed by atoms with van der Waals surface area (Å²) in [4.78, 5) is 25.2. The van der Waals surface area contributed by atoms with Crippen LogP contribution in [0.2, 0.25) is 0 Å². The van der Waals surface area contributed by atoms with Crippen LogP contribution in [-0.4, -0.2) is 44.3 Å². The molecule has 1 aromatic heterocycles. The first kappa shape index (κ1) is 16.2. The number of amides is 1. The Labute approximate surface area is 140 Å². The average molecular weight is 327 g/mol. The number of benzene rings is 1. The number of likely N-dealkylation sites (tertiary alicyclic amines) is 1. The van der Waals surface area contributed by atoms with Crippen molar-refractivity contribution in [3.8, 4) is 5.69 Å². The maximum atomic E-state index is 12.4. The van der Waals surface area contributed by atoms with Crippen molar-refractivity contribution in [3.63, 3.8) is 0 Å². The molecule has 1 fully saturated rings. The maximum Gasteiger partial charge on any atom is 0.326 e. The van der Waals surface area contributed by atoms with E-state index in [1.807, 2.05) is 36.5 Å². The van der Waals surface area contributed by atoms with E-state index < -0.39 is 12.0 Å². The van der Waals surface area contributed by atoms with Crippen molar-refractivity contribution in [1.29, 1.82) is 0 Å². The van der Waals surface area contributed by atoms with Gasteiger partial charge in [0.2, 0.25) is 5.91 Å². The fraction of sp³-hybridized carbons (Fsp3) is 0.389. The van der Waals surface area contributed by atoms with Gasteiger partial charge in [0.25, 0.3) is 0 Å². The standard InChI is InChI=1S/C18H21N3O3/c22-17(20-11-5-4-8-16(20)18(23)24)10-9-14-12-19-21(13-14)15-6-2-1-3-7-15/h1-3,6-7,12-13,16H,4-5,8-11H2,(H,23,24). The molecule has 3 rings (SSSR count). The van der Waals surface area contributed by atoms with Crippen molar-refractivity contribution >= 4 is 11.9 Å². The van der Waals surface area contributed by atoms with Crippen molar-refractivity contribution in [2.24, 2.45) is 0 Å². The topological polar surface area (TPSA) is 75.4 Å². The summed E-state index contributed by atoms with van der Waals surface area (Å²) in [5, 5.41) is 13.6. The number of aliphatic carboxylic acids is 1. The van der Waals surface area contributed by atoms with Gasteiger partial charge in [-0.3, -0.25) is 4.79 Å². The third-order valence-corrected chi connectivity index (χ3v) is 4.39. The molecular formula is C18H21N3O3. The van der Waals surface area contributed by atoms with E-state index in [0.29, 0.717) is 25.8 Å². The van der Waals surface area contributed by atoms with Crippen molar-refractivity contribution < 1.29 is 14.7 Å². The van der Waals surface area contributed by atoms with Gasteiger partial charge < -0.3 is 10.0 Å². The van der Waals surface area contributed by atoms with Gasteiger partial charge in [-0.25, -0.2) is 9.48 Å². The van der Waals surface area contributed by atoms with Crippen molar-refractivity contribution in [3.05, 3.63) is 48.3 Å². The Morgan fingerprint density at radius 1 is 1.21 bits per heavy atom. The summed E-state index contributed by atoms with van der Waals surface area (Å²) in [6, 6.07) is 9.11. The molecule has 6 nitrogen and oxygen atoms in total. The van der Waals surface area contributed by atoms with E-state index in [9.17, 15) is 14.7 Å². The van der Waals surface area contributed by atoms with E-state index in [1.54, 1.807) is 10.9 Å². The van der Waals surface area contributed by atoms with Crippen molar-refractivity contribution in [1.82, 2.24) is 14.7 Å². The van der Waals surface area contributed by atoms with Gasteiger partial charge in [-0.05, 0) is 43.4 Å². The lowest BCUT2D eigenvalue weighted by Gasteiger charge is -2.33. The molecule has 1 aliphatic heterocycles. The monoisotopic (exact) mass is 327 g/mol. The van der Waals surface area contributed by atoms with E-state index in [4.69, 9.17) is 0 Å². The average Bonchev–Trinajstić information content (AvgIpc) is 3.09. The number of piperidine rings is 1. The van der Waals surface area contributed by atoms with Crippen LogP contribution >= 0.6 is 0 Å². The summed E-state index contributed by atoms with van der Waals surface area (Å²) >= 11 is 0. The van der Waals surface area contributed by atoms with E-state index in [2.05, 4.69) is 5.10 Å². The number of carboxylic acids is 1. The molecule has 1 amide bonds. The fourth-order valence-electron chi connectivity index (χ4n) is 3.09. The number of nitrogens with zero attached hydrogens (tertiary/aromatic N) is 3. The molecule has 6 heteroatoms. The molecule has 24 heavy (non-hydrogen) atoms. The molecule has 126 valence electrons. The van der Waals surface area contributed by atoms with Gasteiger partial charge in [-0.15, -0.1) is 0 Å². The van der Waals surface area contributed by atoms with Crippen LogP contribution in [0.4, 0.5) is 0 Å². The minimum absolute atomic E-state index is 0.0884. The Morgan fingerprint density at radius 3 is 2.75 bits per heavy atom. The van der Waals surface area contributed by atoms with Gasteiger partial charge in [0.1, 0.15) is 6.04 Å². The highest BCUT2D eigenvalue weighted by atomic mass is 16.4. The lowest BCUT2D eigenvalue weighted by molar-refractivity contribution is -0.152. The summed E-state index contributed by atoms with van der Waals surface area (Å²) in [6.07, 6.45) is 6.83. The van der Waals surface area contributed by atoms with Crippen LogP contribution in [0, 0.1) is 0 Å². The van der Waals surface area contributed by atoms with Crippen LogP contribution in [0.5, 0.6) is 0 Å². The Hall–Kier alpha value is -2.63. The van der Waals surface area contributed by atoms with Gasteiger partial charge in [0, 0.05) is 19.2 Å². The number of carbonyl (C=O) groups excluding carboxylic acids is 1. The zero-order chi connectivity index (χ0) is 16.9. The zero-order valence-corrected chi connectivity index (χ0v) is 13.5. The number of carboxylic acid groups (broad SMARTS) is 1. The van der Waals surface area contributed by atoms with Gasteiger partial charge in [0.05, 0.1) is 11.9 Å². The van der Waals surface area contributed by atoms with E-state index >= 15 is 0 Å². The normalized spacial score (nSPS) is 17.7. The number of carbonyl (C=O) groups is 2. The predicted molar refractivity (Wildman–Crippen MR) is 88.9 cm³/mol. The highest BCUT2D eigenvalue weighted by molar-refractivity contribution is 5.84. The molecule has 1 atom stereocenters. The molecule has 1 saturated heterocycles. The number of hydrogen-bond acceptors (Lipinski definition) is 3. The maximum absolute atomic E-state index is 12.4.